The van der Waals surface area contributed by atoms with Crippen molar-refractivity contribution in [1.29, 1.82) is 0 Å². The SMILES string of the molecule is Cc1nc(C2CCN(C(=O)[C@H](C)c3ccc4ccccc4c3)CC2)no1. The maximum Gasteiger partial charge on any atom is 0.229 e. The number of hydrogen-bond acceptors (Lipinski definition) is 4. The fourth-order valence-corrected chi connectivity index (χ4v) is 3.73. The summed E-state index contributed by atoms with van der Waals surface area (Å²) in [6.45, 7) is 5.30. The minimum Gasteiger partial charge on any atom is -0.342 e. The largest absolute Gasteiger partial charge is 0.342 e. The molecule has 4 rings (SSSR count). The van der Waals surface area contributed by atoms with Crippen LogP contribution in [0.1, 0.15) is 48.9 Å². The van der Waals surface area contributed by atoms with Gasteiger partial charge in [0.2, 0.25) is 11.8 Å². The van der Waals surface area contributed by atoms with E-state index in [1.54, 1.807) is 6.92 Å². The van der Waals surface area contributed by atoms with Gasteiger partial charge in [0.25, 0.3) is 0 Å². The van der Waals surface area contributed by atoms with Gasteiger partial charge in [0, 0.05) is 25.9 Å². The van der Waals surface area contributed by atoms with E-state index >= 15 is 0 Å². The van der Waals surface area contributed by atoms with Crippen LogP contribution in [-0.2, 0) is 4.79 Å². The van der Waals surface area contributed by atoms with E-state index in [0.717, 1.165) is 37.3 Å². The molecule has 0 unspecified atom stereocenters. The minimum absolute atomic E-state index is 0.136. The molecule has 26 heavy (non-hydrogen) atoms. The zero-order valence-electron chi connectivity index (χ0n) is 15.2. The third-order valence-electron chi connectivity index (χ3n) is 5.36. The lowest BCUT2D eigenvalue weighted by molar-refractivity contribution is -0.133. The fourth-order valence-electron chi connectivity index (χ4n) is 3.73. The number of hydrogen-bond donors (Lipinski definition) is 0. The third-order valence-corrected chi connectivity index (χ3v) is 5.36. The van der Waals surface area contributed by atoms with Gasteiger partial charge in [-0.3, -0.25) is 4.79 Å². The molecule has 1 atom stereocenters. The fraction of sp³-hybridized carbons (Fsp3) is 0.381. The number of nitrogens with zero attached hydrogens (tertiary/aromatic N) is 3. The molecule has 5 heteroatoms. The van der Waals surface area contributed by atoms with E-state index < -0.39 is 0 Å². The zero-order valence-corrected chi connectivity index (χ0v) is 15.2. The molecule has 2 heterocycles. The highest BCUT2D eigenvalue weighted by atomic mass is 16.5. The van der Waals surface area contributed by atoms with E-state index in [-0.39, 0.29) is 17.7 Å². The molecular weight excluding hydrogens is 326 g/mol. The normalized spacial score (nSPS) is 16.8. The molecule has 1 aromatic heterocycles. The van der Waals surface area contributed by atoms with Crippen LogP contribution in [0.25, 0.3) is 10.8 Å². The second-order valence-corrected chi connectivity index (χ2v) is 7.10. The van der Waals surface area contributed by atoms with Gasteiger partial charge in [-0.1, -0.05) is 47.6 Å². The van der Waals surface area contributed by atoms with Crippen molar-refractivity contribution >= 4 is 16.7 Å². The molecule has 0 saturated carbocycles. The second kappa shape index (κ2) is 6.90. The topological polar surface area (TPSA) is 59.2 Å². The Labute approximate surface area is 153 Å². The highest BCUT2D eigenvalue weighted by Gasteiger charge is 2.29. The number of amides is 1. The maximum absolute atomic E-state index is 13.0. The van der Waals surface area contributed by atoms with Crippen molar-refractivity contribution in [2.75, 3.05) is 13.1 Å². The number of fused-ring (bicyclic) bond motifs is 1. The summed E-state index contributed by atoms with van der Waals surface area (Å²) in [5.41, 5.74) is 1.07. The molecule has 0 spiro atoms. The Kier molecular flexibility index (Phi) is 4.45. The predicted octanol–water partition coefficient (Wildman–Crippen LogP) is 4.04. The van der Waals surface area contributed by atoms with Crippen molar-refractivity contribution in [1.82, 2.24) is 15.0 Å². The van der Waals surface area contributed by atoms with Crippen LogP contribution < -0.4 is 0 Å². The number of piperidine rings is 1. The summed E-state index contributed by atoms with van der Waals surface area (Å²) in [6.07, 6.45) is 1.77. The predicted molar refractivity (Wildman–Crippen MR) is 100.0 cm³/mol. The Morgan fingerprint density at radius 3 is 2.58 bits per heavy atom. The van der Waals surface area contributed by atoms with Gasteiger partial charge in [-0.15, -0.1) is 0 Å². The Bertz CT molecular complexity index is 926. The lowest BCUT2D eigenvalue weighted by Gasteiger charge is -2.32. The molecule has 0 bridgehead atoms. The van der Waals surface area contributed by atoms with E-state index in [1.807, 2.05) is 24.0 Å². The lowest BCUT2D eigenvalue weighted by atomic mass is 9.93. The molecule has 0 aliphatic carbocycles. The molecule has 3 aromatic rings. The molecule has 0 N–H and O–H groups in total. The first-order valence-electron chi connectivity index (χ1n) is 9.19. The standard InChI is InChI=1S/C21H23N3O2/c1-14(18-8-7-16-5-3-4-6-19(16)13-18)21(25)24-11-9-17(10-12-24)20-22-15(2)26-23-20/h3-8,13-14,17H,9-12H2,1-2H3/t14-/m1/s1. The summed E-state index contributed by atoms with van der Waals surface area (Å²) in [5.74, 6) is 1.72. The first-order valence-corrected chi connectivity index (χ1v) is 9.19. The van der Waals surface area contributed by atoms with Crippen molar-refractivity contribution in [2.24, 2.45) is 0 Å². The molecule has 5 nitrogen and oxygen atoms in total. The van der Waals surface area contributed by atoms with Crippen molar-refractivity contribution in [2.45, 2.75) is 38.5 Å². The summed E-state index contributed by atoms with van der Waals surface area (Å²) in [6, 6.07) is 14.5. The summed E-state index contributed by atoms with van der Waals surface area (Å²) >= 11 is 0. The van der Waals surface area contributed by atoms with Crippen LogP contribution in [0.5, 0.6) is 0 Å². The zero-order chi connectivity index (χ0) is 18.1. The van der Waals surface area contributed by atoms with Crippen LogP contribution in [0.2, 0.25) is 0 Å². The molecule has 1 amide bonds. The smallest absolute Gasteiger partial charge is 0.229 e. The number of benzene rings is 2. The van der Waals surface area contributed by atoms with E-state index in [9.17, 15) is 4.79 Å². The first-order chi connectivity index (χ1) is 12.6. The Morgan fingerprint density at radius 2 is 1.88 bits per heavy atom. The highest BCUT2D eigenvalue weighted by molar-refractivity contribution is 5.87. The molecule has 134 valence electrons. The van der Waals surface area contributed by atoms with Crippen molar-refractivity contribution in [3.63, 3.8) is 0 Å². The molecule has 1 saturated heterocycles. The van der Waals surface area contributed by atoms with E-state index in [2.05, 4.69) is 40.5 Å². The molecule has 1 fully saturated rings. The van der Waals surface area contributed by atoms with Gasteiger partial charge in [0.1, 0.15) is 0 Å². The van der Waals surface area contributed by atoms with Crippen LogP contribution in [0.3, 0.4) is 0 Å². The van der Waals surface area contributed by atoms with E-state index in [1.165, 1.54) is 10.8 Å². The number of carbonyl (C=O) groups excluding carboxylic acids is 1. The number of aromatic nitrogens is 2. The van der Waals surface area contributed by atoms with Crippen LogP contribution in [-0.4, -0.2) is 34.0 Å². The summed E-state index contributed by atoms with van der Waals surface area (Å²) in [5, 5.41) is 6.41. The summed E-state index contributed by atoms with van der Waals surface area (Å²) in [7, 11) is 0. The Morgan fingerprint density at radius 1 is 1.15 bits per heavy atom. The van der Waals surface area contributed by atoms with Crippen molar-refractivity contribution in [3.8, 4) is 0 Å². The van der Waals surface area contributed by atoms with Crippen LogP contribution >= 0.6 is 0 Å². The molecule has 1 aliphatic heterocycles. The number of carbonyl (C=O) groups is 1. The number of likely N-dealkylation sites (tertiary alicyclic amines) is 1. The Hall–Kier alpha value is -2.69. The molecule has 2 aromatic carbocycles. The monoisotopic (exact) mass is 349 g/mol. The van der Waals surface area contributed by atoms with Crippen LogP contribution in [0.4, 0.5) is 0 Å². The lowest BCUT2D eigenvalue weighted by Crippen LogP contribution is -2.40. The average molecular weight is 349 g/mol. The van der Waals surface area contributed by atoms with Gasteiger partial charge in [-0.05, 0) is 36.1 Å². The third kappa shape index (κ3) is 3.21. The maximum atomic E-state index is 13.0. The van der Waals surface area contributed by atoms with Crippen LogP contribution in [0, 0.1) is 6.92 Å². The first kappa shape index (κ1) is 16.8. The van der Waals surface area contributed by atoms with E-state index in [0.29, 0.717) is 5.89 Å². The van der Waals surface area contributed by atoms with Gasteiger partial charge in [0.15, 0.2) is 5.82 Å². The van der Waals surface area contributed by atoms with Gasteiger partial charge in [0.05, 0.1) is 5.92 Å². The average Bonchev–Trinajstić information content (AvgIpc) is 3.13. The molecule has 1 aliphatic rings. The van der Waals surface area contributed by atoms with Gasteiger partial charge >= 0.3 is 0 Å². The number of aryl methyl sites for hydroxylation is 1. The number of rotatable bonds is 3. The van der Waals surface area contributed by atoms with Gasteiger partial charge in [-0.2, -0.15) is 4.98 Å². The minimum atomic E-state index is -0.136. The van der Waals surface area contributed by atoms with Crippen LogP contribution in [0.15, 0.2) is 47.0 Å². The summed E-state index contributed by atoms with van der Waals surface area (Å²) < 4.78 is 5.08. The molecule has 0 radical (unpaired) electrons. The van der Waals surface area contributed by atoms with Gasteiger partial charge in [-0.25, -0.2) is 0 Å². The van der Waals surface area contributed by atoms with Crippen molar-refractivity contribution in [3.05, 3.63) is 59.7 Å². The van der Waals surface area contributed by atoms with Crippen molar-refractivity contribution < 1.29 is 9.32 Å². The molecular formula is C21H23N3O2. The van der Waals surface area contributed by atoms with Gasteiger partial charge < -0.3 is 9.42 Å². The van der Waals surface area contributed by atoms with E-state index in [4.69, 9.17) is 4.52 Å². The Balaban J connectivity index is 1.43. The highest BCUT2D eigenvalue weighted by Crippen LogP contribution is 2.29. The second-order valence-electron chi connectivity index (χ2n) is 7.10. The summed E-state index contributed by atoms with van der Waals surface area (Å²) in [4.78, 5) is 19.3. The quantitative estimate of drug-likeness (QED) is 0.716.